The molecule has 2 rings (SSSR count). The number of thiocarbonyl (C=S) groups is 1. The van der Waals surface area contributed by atoms with E-state index in [-0.39, 0.29) is 0 Å². The van der Waals surface area contributed by atoms with Crippen LogP contribution in [0.25, 0.3) is 0 Å². The Kier molecular flexibility index (Phi) is 4.06. The van der Waals surface area contributed by atoms with Gasteiger partial charge in [-0.05, 0) is 31.4 Å². The Morgan fingerprint density at radius 2 is 1.75 bits per heavy atom. The number of benzene rings is 1. The van der Waals surface area contributed by atoms with Crippen molar-refractivity contribution in [2.24, 2.45) is 0 Å². The minimum atomic E-state index is 0.568. The molecular formula is C12H13Cl2NS. The second-order valence-corrected chi connectivity index (χ2v) is 5.18. The van der Waals surface area contributed by atoms with E-state index in [0.29, 0.717) is 10.0 Å². The molecule has 0 aromatic heterocycles. The van der Waals surface area contributed by atoms with Crippen LogP contribution in [0.1, 0.15) is 24.8 Å². The molecule has 0 spiro atoms. The summed E-state index contributed by atoms with van der Waals surface area (Å²) in [6.45, 7) is 2.11. The van der Waals surface area contributed by atoms with E-state index in [1.165, 1.54) is 19.3 Å². The Labute approximate surface area is 111 Å². The molecule has 0 atom stereocenters. The minimum absolute atomic E-state index is 0.568. The third-order valence-electron chi connectivity index (χ3n) is 2.81. The molecule has 1 aromatic carbocycles. The van der Waals surface area contributed by atoms with Crippen LogP contribution in [0, 0.1) is 0 Å². The highest BCUT2D eigenvalue weighted by molar-refractivity contribution is 7.80. The number of hydrogen-bond donors (Lipinski definition) is 0. The second-order valence-electron chi connectivity index (χ2n) is 3.98. The normalized spacial score (nSPS) is 16.2. The van der Waals surface area contributed by atoms with Crippen LogP contribution >= 0.6 is 35.4 Å². The van der Waals surface area contributed by atoms with Crippen LogP contribution in [0.5, 0.6) is 0 Å². The smallest absolute Gasteiger partial charge is 0.109 e. The molecule has 0 amide bonds. The molecule has 1 aliphatic rings. The summed E-state index contributed by atoms with van der Waals surface area (Å²) in [6, 6.07) is 5.58. The van der Waals surface area contributed by atoms with E-state index in [4.69, 9.17) is 35.4 Å². The van der Waals surface area contributed by atoms with Gasteiger partial charge in [0, 0.05) is 18.7 Å². The zero-order valence-electron chi connectivity index (χ0n) is 8.88. The molecule has 1 saturated heterocycles. The van der Waals surface area contributed by atoms with Crippen molar-refractivity contribution in [3.05, 3.63) is 33.8 Å². The van der Waals surface area contributed by atoms with Crippen LogP contribution in [0.2, 0.25) is 10.0 Å². The van der Waals surface area contributed by atoms with Gasteiger partial charge in [0.15, 0.2) is 0 Å². The summed E-state index contributed by atoms with van der Waals surface area (Å²) in [7, 11) is 0. The van der Waals surface area contributed by atoms with E-state index in [2.05, 4.69) is 4.90 Å². The Morgan fingerprint density at radius 3 is 2.38 bits per heavy atom. The summed E-state index contributed by atoms with van der Waals surface area (Å²) < 4.78 is 0. The van der Waals surface area contributed by atoms with E-state index in [0.717, 1.165) is 23.6 Å². The van der Waals surface area contributed by atoms with E-state index in [1.54, 1.807) is 6.07 Å². The number of nitrogens with zero attached hydrogens (tertiary/aromatic N) is 1. The molecule has 0 bridgehead atoms. The maximum absolute atomic E-state index is 5.99. The molecule has 1 heterocycles. The molecule has 0 N–H and O–H groups in total. The first kappa shape index (κ1) is 12.2. The highest BCUT2D eigenvalue weighted by Crippen LogP contribution is 2.24. The van der Waals surface area contributed by atoms with Crippen molar-refractivity contribution in [1.82, 2.24) is 4.90 Å². The quantitative estimate of drug-likeness (QED) is 0.707. The minimum Gasteiger partial charge on any atom is -0.362 e. The Hall–Kier alpha value is -0.310. The number of halogens is 2. The van der Waals surface area contributed by atoms with Gasteiger partial charge in [-0.1, -0.05) is 41.5 Å². The molecule has 1 fully saturated rings. The molecule has 0 unspecified atom stereocenters. The van der Waals surface area contributed by atoms with Gasteiger partial charge in [0.05, 0.1) is 10.0 Å². The molecule has 0 radical (unpaired) electrons. The van der Waals surface area contributed by atoms with Crippen molar-refractivity contribution in [3.63, 3.8) is 0 Å². The lowest BCUT2D eigenvalue weighted by Gasteiger charge is -2.29. The molecule has 1 aliphatic heterocycles. The summed E-state index contributed by atoms with van der Waals surface area (Å²) in [5, 5.41) is 1.14. The second kappa shape index (κ2) is 5.35. The molecule has 4 heteroatoms. The third-order valence-corrected chi connectivity index (χ3v) is 4.04. The first-order valence-electron chi connectivity index (χ1n) is 5.43. The highest BCUT2D eigenvalue weighted by Gasteiger charge is 2.15. The fourth-order valence-corrected chi connectivity index (χ4v) is 2.52. The highest BCUT2D eigenvalue weighted by atomic mass is 35.5. The number of rotatable bonds is 1. The van der Waals surface area contributed by atoms with E-state index in [9.17, 15) is 0 Å². The topological polar surface area (TPSA) is 3.24 Å². The predicted molar refractivity (Wildman–Crippen MR) is 73.6 cm³/mol. The SMILES string of the molecule is S=C(c1ccc(Cl)c(Cl)c1)N1CCCCC1. The summed E-state index contributed by atoms with van der Waals surface area (Å²) in [6.07, 6.45) is 3.75. The van der Waals surface area contributed by atoms with Crippen molar-refractivity contribution >= 4 is 40.4 Å². The Balaban J connectivity index is 2.16. The van der Waals surface area contributed by atoms with Crippen molar-refractivity contribution < 1.29 is 0 Å². The van der Waals surface area contributed by atoms with Gasteiger partial charge in [-0.15, -0.1) is 0 Å². The van der Waals surface area contributed by atoms with Gasteiger partial charge in [0.25, 0.3) is 0 Å². The Bertz CT molecular complexity index is 400. The summed E-state index contributed by atoms with van der Waals surface area (Å²) in [4.78, 5) is 3.14. The van der Waals surface area contributed by atoms with Crippen molar-refractivity contribution in [2.75, 3.05) is 13.1 Å². The summed E-state index contributed by atoms with van der Waals surface area (Å²) in [5.41, 5.74) is 0.992. The summed E-state index contributed by atoms with van der Waals surface area (Å²) in [5.74, 6) is 0. The average molecular weight is 274 g/mol. The standard InChI is InChI=1S/C12H13Cl2NS/c13-10-5-4-9(8-11(10)14)12(16)15-6-2-1-3-7-15/h4-5,8H,1-3,6-7H2. The van der Waals surface area contributed by atoms with Crippen molar-refractivity contribution in [1.29, 1.82) is 0 Å². The van der Waals surface area contributed by atoms with Gasteiger partial charge in [-0.25, -0.2) is 0 Å². The van der Waals surface area contributed by atoms with Gasteiger partial charge < -0.3 is 4.90 Å². The van der Waals surface area contributed by atoms with Gasteiger partial charge in [-0.2, -0.15) is 0 Å². The van der Waals surface area contributed by atoms with E-state index < -0.39 is 0 Å². The first-order valence-corrected chi connectivity index (χ1v) is 6.59. The van der Waals surface area contributed by atoms with Gasteiger partial charge >= 0.3 is 0 Å². The number of piperidine rings is 1. The van der Waals surface area contributed by atoms with E-state index in [1.807, 2.05) is 12.1 Å². The first-order chi connectivity index (χ1) is 7.68. The largest absolute Gasteiger partial charge is 0.362 e. The lowest BCUT2D eigenvalue weighted by atomic mass is 10.1. The molecular weight excluding hydrogens is 261 g/mol. The fourth-order valence-electron chi connectivity index (χ4n) is 1.91. The molecule has 0 saturated carbocycles. The lowest BCUT2D eigenvalue weighted by Crippen LogP contribution is -2.34. The van der Waals surface area contributed by atoms with Crippen molar-refractivity contribution in [3.8, 4) is 0 Å². The van der Waals surface area contributed by atoms with Crippen molar-refractivity contribution in [2.45, 2.75) is 19.3 Å². The molecule has 16 heavy (non-hydrogen) atoms. The number of likely N-dealkylation sites (tertiary alicyclic amines) is 1. The zero-order chi connectivity index (χ0) is 11.5. The Morgan fingerprint density at radius 1 is 1.06 bits per heavy atom. The molecule has 1 aromatic rings. The maximum Gasteiger partial charge on any atom is 0.109 e. The van der Waals surface area contributed by atoms with Crippen LogP contribution in [0.15, 0.2) is 18.2 Å². The van der Waals surface area contributed by atoms with Crippen LogP contribution < -0.4 is 0 Å². The molecule has 1 nitrogen and oxygen atoms in total. The average Bonchev–Trinajstić information content (AvgIpc) is 2.33. The van der Waals surface area contributed by atoms with Crippen LogP contribution in [0.4, 0.5) is 0 Å². The zero-order valence-corrected chi connectivity index (χ0v) is 11.2. The molecule has 0 aliphatic carbocycles. The maximum atomic E-state index is 5.99. The van der Waals surface area contributed by atoms with Gasteiger partial charge in [0.2, 0.25) is 0 Å². The monoisotopic (exact) mass is 273 g/mol. The predicted octanol–water partition coefficient (Wildman–Crippen LogP) is 4.15. The van der Waals surface area contributed by atoms with E-state index >= 15 is 0 Å². The summed E-state index contributed by atoms with van der Waals surface area (Å²) >= 11 is 17.3. The van der Waals surface area contributed by atoms with Crippen LogP contribution in [-0.2, 0) is 0 Å². The third kappa shape index (κ3) is 2.68. The van der Waals surface area contributed by atoms with Crippen LogP contribution in [-0.4, -0.2) is 23.0 Å². The van der Waals surface area contributed by atoms with Gasteiger partial charge in [0.1, 0.15) is 4.99 Å². The lowest BCUT2D eigenvalue weighted by molar-refractivity contribution is 0.347. The molecule has 86 valence electrons. The van der Waals surface area contributed by atoms with Crippen LogP contribution in [0.3, 0.4) is 0 Å². The fraction of sp³-hybridized carbons (Fsp3) is 0.417. The number of hydrogen-bond acceptors (Lipinski definition) is 1. The van der Waals surface area contributed by atoms with Gasteiger partial charge in [-0.3, -0.25) is 0 Å².